The highest BCUT2D eigenvalue weighted by molar-refractivity contribution is 5.86. The minimum Gasteiger partial charge on any atom is -0.457 e. The standard InChI is InChI=1S/C15H11N3O6/c1-9(23-15(19)12-3-2-8-22-12)13-16-17-14(24-13)10-4-6-11(7-5-10)18(20)21/h2-9H,1H3. The van der Waals surface area contributed by atoms with Gasteiger partial charge in [0.1, 0.15) is 0 Å². The van der Waals surface area contributed by atoms with Crippen molar-refractivity contribution in [2.24, 2.45) is 0 Å². The van der Waals surface area contributed by atoms with E-state index in [4.69, 9.17) is 13.6 Å². The molecule has 0 aliphatic heterocycles. The molecule has 3 rings (SSSR count). The summed E-state index contributed by atoms with van der Waals surface area (Å²) in [6.07, 6.45) is 0.586. The number of hydrogen-bond acceptors (Lipinski definition) is 8. The largest absolute Gasteiger partial charge is 0.457 e. The van der Waals surface area contributed by atoms with E-state index in [1.165, 1.54) is 36.6 Å². The zero-order valence-corrected chi connectivity index (χ0v) is 12.4. The second kappa shape index (κ2) is 6.32. The molecule has 0 bridgehead atoms. The quantitative estimate of drug-likeness (QED) is 0.397. The van der Waals surface area contributed by atoms with Crippen molar-refractivity contribution in [1.29, 1.82) is 0 Å². The molecular formula is C15H11N3O6. The van der Waals surface area contributed by atoms with Gasteiger partial charge in [0.15, 0.2) is 6.10 Å². The normalized spacial score (nSPS) is 11.9. The van der Waals surface area contributed by atoms with Gasteiger partial charge in [-0.2, -0.15) is 0 Å². The van der Waals surface area contributed by atoms with E-state index in [2.05, 4.69) is 10.2 Å². The Labute approximate surface area is 135 Å². The highest BCUT2D eigenvalue weighted by atomic mass is 16.6. The first-order chi connectivity index (χ1) is 11.5. The Kier molecular flexibility index (Phi) is 4.06. The number of aromatic nitrogens is 2. The van der Waals surface area contributed by atoms with Crippen LogP contribution in [0.5, 0.6) is 0 Å². The van der Waals surface area contributed by atoms with Crippen LogP contribution in [0.2, 0.25) is 0 Å². The van der Waals surface area contributed by atoms with E-state index in [9.17, 15) is 14.9 Å². The topological polar surface area (TPSA) is 122 Å². The van der Waals surface area contributed by atoms with Crippen molar-refractivity contribution in [3.05, 3.63) is 64.4 Å². The molecule has 0 N–H and O–H groups in total. The SMILES string of the molecule is CC(OC(=O)c1ccco1)c1nnc(-c2ccc([N+](=O)[O-])cc2)o1. The molecule has 0 aliphatic rings. The van der Waals surface area contributed by atoms with Crippen LogP contribution in [-0.4, -0.2) is 21.1 Å². The summed E-state index contributed by atoms with van der Waals surface area (Å²) in [6.45, 7) is 1.58. The molecule has 0 amide bonds. The fourth-order valence-corrected chi connectivity index (χ4v) is 1.90. The molecule has 2 heterocycles. The minimum atomic E-state index is -0.776. The Morgan fingerprint density at radius 1 is 1.25 bits per heavy atom. The number of nitro benzene ring substituents is 1. The third-order valence-corrected chi connectivity index (χ3v) is 3.12. The molecule has 2 aromatic heterocycles. The first kappa shape index (κ1) is 15.4. The molecule has 0 saturated heterocycles. The second-order valence-corrected chi connectivity index (χ2v) is 4.77. The van der Waals surface area contributed by atoms with E-state index in [0.29, 0.717) is 5.56 Å². The summed E-state index contributed by atoms with van der Waals surface area (Å²) in [5.74, 6) is -0.316. The van der Waals surface area contributed by atoms with Gasteiger partial charge in [-0.3, -0.25) is 10.1 Å². The lowest BCUT2D eigenvalue weighted by Gasteiger charge is -2.07. The molecular weight excluding hydrogens is 318 g/mol. The maximum Gasteiger partial charge on any atom is 0.374 e. The lowest BCUT2D eigenvalue weighted by atomic mass is 10.2. The number of rotatable bonds is 5. The molecule has 9 heteroatoms. The van der Waals surface area contributed by atoms with Gasteiger partial charge in [0, 0.05) is 17.7 Å². The third-order valence-electron chi connectivity index (χ3n) is 3.12. The predicted octanol–water partition coefficient (Wildman–Crippen LogP) is 3.16. The summed E-state index contributed by atoms with van der Waals surface area (Å²) >= 11 is 0. The van der Waals surface area contributed by atoms with E-state index in [0.717, 1.165) is 0 Å². The van der Waals surface area contributed by atoms with Crippen molar-refractivity contribution in [3.8, 4) is 11.5 Å². The number of carbonyl (C=O) groups excluding carboxylic acids is 1. The van der Waals surface area contributed by atoms with Crippen molar-refractivity contribution < 1.29 is 23.3 Å². The summed E-state index contributed by atoms with van der Waals surface area (Å²) in [6, 6.07) is 8.70. The van der Waals surface area contributed by atoms with E-state index in [-0.39, 0.29) is 23.2 Å². The molecule has 0 aliphatic carbocycles. The lowest BCUT2D eigenvalue weighted by Crippen LogP contribution is -2.08. The Balaban J connectivity index is 1.72. The summed E-state index contributed by atoms with van der Waals surface area (Å²) in [7, 11) is 0. The van der Waals surface area contributed by atoms with Crippen LogP contribution in [0.25, 0.3) is 11.5 Å². The lowest BCUT2D eigenvalue weighted by molar-refractivity contribution is -0.384. The number of nitro groups is 1. The highest BCUT2D eigenvalue weighted by Crippen LogP contribution is 2.24. The van der Waals surface area contributed by atoms with Crippen molar-refractivity contribution in [2.45, 2.75) is 13.0 Å². The van der Waals surface area contributed by atoms with Gasteiger partial charge in [-0.15, -0.1) is 10.2 Å². The first-order valence-corrected chi connectivity index (χ1v) is 6.87. The van der Waals surface area contributed by atoms with E-state index in [1.54, 1.807) is 13.0 Å². The van der Waals surface area contributed by atoms with Crippen molar-refractivity contribution in [1.82, 2.24) is 10.2 Å². The van der Waals surface area contributed by atoms with Gasteiger partial charge in [0.05, 0.1) is 11.2 Å². The third kappa shape index (κ3) is 3.14. The fourth-order valence-electron chi connectivity index (χ4n) is 1.90. The van der Waals surface area contributed by atoms with Gasteiger partial charge in [-0.05, 0) is 31.2 Å². The van der Waals surface area contributed by atoms with Crippen LogP contribution in [0.3, 0.4) is 0 Å². The number of esters is 1. The van der Waals surface area contributed by atoms with Gasteiger partial charge in [-0.1, -0.05) is 0 Å². The molecule has 9 nitrogen and oxygen atoms in total. The molecule has 0 spiro atoms. The van der Waals surface area contributed by atoms with Gasteiger partial charge in [0.2, 0.25) is 11.7 Å². The van der Waals surface area contributed by atoms with Crippen LogP contribution < -0.4 is 0 Å². The van der Waals surface area contributed by atoms with Crippen molar-refractivity contribution in [3.63, 3.8) is 0 Å². The van der Waals surface area contributed by atoms with E-state index < -0.39 is 17.0 Å². The molecule has 1 unspecified atom stereocenters. The molecule has 0 fully saturated rings. The Hall–Kier alpha value is -3.49. The van der Waals surface area contributed by atoms with Gasteiger partial charge >= 0.3 is 5.97 Å². The number of non-ortho nitro benzene ring substituents is 1. The van der Waals surface area contributed by atoms with Crippen molar-refractivity contribution in [2.75, 3.05) is 0 Å². The minimum absolute atomic E-state index is 0.0424. The number of benzene rings is 1. The maximum atomic E-state index is 11.8. The molecule has 3 aromatic rings. The molecule has 24 heavy (non-hydrogen) atoms. The van der Waals surface area contributed by atoms with Crippen molar-refractivity contribution >= 4 is 11.7 Å². The maximum absolute atomic E-state index is 11.8. The number of nitrogens with zero attached hydrogens (tertiary/aromatic N) is 3. The first-order valence-electron chi connectivity index (χ1n) is 6.87. The predicted molar refractivity (Wildman–Crippen MR) is 78.9 cm³/mol. The van der Waals surface area contributed by atoms with Crippen LogP contribution in [-0.2, 0) is 4.74 Å². The zero-order valence-electron chi connectivity index (χ0n) is 12.4. The molecule has 1 aromatic carbocycles. The summed E-state index contributed by atoms with van der Waals surface area (Å²) in [5, 5.41) is 18.3. The smallest absolute Gasteiger partial charge is 0.374 e. The van der Waals surface area contributed by atoms with E-state index in [1.807, 2.05) is 0 Å². The van der Waals surface area contributed by atoms with Crippen LogP contribution in [0.15, 0.2) is 51.5 Å². The van der Waals surface area contributed by atoms with Crippen LogP contribution >= 0.6 is 0 Å². The number of carbonyl (C=O) groups is 1. The fraction of sp³-hybridized carbons (Fsp3) is 0.133. The number of ether oxygens (including phenoxy) is 1. The van der Waals surface area contributed by atoms with E-state index >= 15 is 0 Å². The average molecular weight is 329 g/mol. The number of furan rings is 1. The Morgan fingerprint density at radius 3 is 2.62 bits per heavy atom. The highest BCUT2D eigenvalue weighted by Gasteiger charge is 2.21. The molecule has 0 radical (unpaired) electrons. The zero-order chi connectivity index (χ0) is 17.1. The summed E-state index contributed by atoms with van der Waals surface area (Å²) in [5.41, 5.74) is 0.475. The average Bonchev–Trinajstić information content (AvgIpc) is 3.26. The summed E-state index contributed by atoms with van der Waals surface area (Å²) < 4.78 is 15.6. The monoisotopic (exact) mass is 329 g/mol. The molecule has 0 saturated carbocycles. The van der Waals surface area contributed by atoms with Gasteiger partial charge in [-0.25, -0.2) is 4.79 Å². The van der Waals surface area contributed by atoms with Crippen LogP contribution in [0.1, 0.15) is 29.5 Å². The molecule has 122 valence electrons. The summed E-state index contributed by atoms with van der Waals surface area (Å²) in [4.78, 5) is 21.9. The Bertz CT molecular complexity index is 854. The number of hydrogen-bond donors (Lipinski definition) is 0. The van der Waals surface area contributed by atoms with Gasteiger partial charge in [0.25, 0.3) is 11.6 Å². The van der Waals surface area contributed by atoms with Crippen LogP contribution in [0, 0.1) is 10.1 Å². The van der Waals surface area contributed by atoms with Gasteiger partial charge < -0.3 is 13.6 Å². The molecule has 1 atom stereocenters. The van der Waals surface area contributed by atoms with Crippen LogP contribution in [0.4, 0.5) is 5.69 Å². The Morgan fingerprint density at radius 2 is 2.00 bits per heavy atom. The second-order valence-electron chi connectivity index (χ2n) is 4.77.